The quantitative estimate of drug-likeness (QED) is 0.815. The van der Waals surface area contributed by atoms with Crippen LogP contribution in [0.4, 0.5) is 0 Å². The van der Waals surface area contributed by atoms with Crippen LogP contribution in [0.15, 0.2) is 42.9 Å². The van der Waals surface area contributed by atoms with Crippen molar-refractivity contribution < 1.29 is 4.79 Å². The van der Waals surface area contributed by atoms with Crippen molar-refractivity contribution in [3.8, 4) is 0 Å². The number of rotatable bonds is 5. The Hall–Kier alpha value is -2.14. The predicted molar refractivity (Wildman–Crippen MR) is 68.5 cm³/mol. The van der Waals surface area contributed by atoms with Gasteiger partial charge in [0.05, 0.1) is 18.1 Å². The highest BCUT2D eigenvalue weighted by Gasteiger charge is 2.14. The van der Waals surface area contributed by atoms with Crippen LogP contribution < -0.4 is 11.5 Å². The van der Waals surface area contributed by atoms with E-state index < -0.39 is 11.9 Å². The lowest BCUT2D eigenvalue weighted by Gasteiger charge is -2.13. The minimum atomic E-state index is -0.409. The standard InChI is InChI=1S/C13H16N4O/c14-11(6-13(15)18)12-7-16-9-17(12)8-10-4-2-1-3-5-10/h1-5,7,9,11H,6,8,14H2,(H2,15,18). The molecule has 94 valence electrons. The van der Waals surface area contributed by atoms with Gasteiger partial charge in [0, 0.05) is 19.2 Å². The summed E-state index contributed by atoms with van der Waals surface area (Å²) in [5, 5.41) is 0. The third kappa shape index (κ3) is 2.95. The van der Waals surface area contributed by atoms with Crippen molar-refractivity contribution in [2.24, 2.45) is 11.5 Å². The summed E-state index contributed by atoms with van der Waals surface area (Å²) in [7, 11) is 0. The van der Waals surface area contributed by atoms with E-state index in [0.717, 1.165) is 11.3 Å². The monoisotopic (exact) mass is 244 g/mol. The van der Waals surface area contributed by atoms with Gasteiger partial charge in [-0.25, -0.2) is 4.98 Å². The Morgan fingerprint density at radius 2 is 2.06 bits per heavy atom. The molecule has 1 aromatic carbocycles. The maximum absolute atomic E-state index is 10.9. The van der Waals surface area contributed by atoms with Gasteiger partial charge in [0.2, 0.25) is 5.91 Å². The van der Waals surface area contributed by atoms with Crippen LogP contribution in [0.5, 0.6) is 0 Å². The molecule has 0 aliphatic carbocycles. The molecule has 1 unspecified atom stereocenters. The number of carbonyl (C=O) groups excluding carboxylic acids is 1. The van der Waals surface area contributed by atoms with Gasteiger partial charge in [0.25, 0.3) is 0 Å². The summed E-state index contributed by atoms with van der Waals surface area (Å²) in [5.74, 6) is -0.407. The largest absolute Gasteiger partial charge is 0.370 e. The summed E-state index contributed by atoms with van der Waals surface area (Å²) >= 11 is 0. The second-order valence-electron chi connectivity index (χ2n) is 4.21. The predicted octanol–water partition coefficient (Wildman–Crippen LogP) is 0.807. The molecule has 0 aliphatic heterocycles. The summed E-state index contributed by atoms with van der Waals surface area (Å²) in [5.41, 5.74) is 13.1. The molecule has 1 amide bonds. The van der Waals surface area contributed by atoms with Gasteiger partial charge in [-0.2, -0.15) is 0 Å². The molecule has 0 saturated heterocycles. The molecule has 2 rings (SSSR count). The first-order valence-corrected chi connectivity index (χ1v) is 5.74. The molecule has 5 nitrogen and oxygen atoms in total. The fourth-order valence-corrected chi connectivity index (χ4v) is 1.87. The van der Waals surface area contributed by atoms with Crippen molar-refractivity contribution in [1.82, 2.24) is 9.55 Å². The van der Waals surface area contributed by atoms with E-state index in [1.165, 1.54) is 0 Å². The van der Waals surface area contributed by atoms with Gasteiger partial charge >= 0.3 is 0 Å². The van der Waals surface area contributed by atoms with Crippen molar-refractivity contribution >= 4 is 5.91 Å². The lowest BCUT2D eigenvalue weighted by molar-refractivity contribution is -0.118. The number of aromatic nitrogens is 2. The summed E-state index contributed by atoms with van der Waals surface area (Å²) < 4.78 is 1.93. The summed E-state index contributed by atoms with van der Waals surface area (Å²) in [6.07, 6.45) is 3.51. The van der Waals surface area contributed by atoms with E-state index in [2.05, 4.69) is 4.98 Å². The molecule has 0 saturated carbocycles. The number of imidazole rings is 1. The highest BCUT2D eigenvalue weighted by Crippen LogP contribution is 2.14. The fourth-order valence-electron chi connectivity index (χ4n) is 1.87. The summed E-state index contributed by atoms with van der Waals surface area (Å²) in [6.45, 7) is 0.683. The highest BCUT2D eigenvalue weighted by molar-refractivity contribution is 5.74. The minimum absolute atomic E-state index is 0.125. The maximum Gasteiger partial charge on any atom is 0.219 e. The number of hydrogen-bond acceptors (Lipinski definition) is 3. The zero-order valence-corrected chi connectivity index (χ0v) is 9.99. The van der Waals surface area contributed by atoms with Crippen LogP contribution >= 0.6 is 0 Å². The first-order chi connectivity index (χ1) is 8.66. The molecule has 2 aromatic rings. The third-order valence-electron chi connectivity index (χ3n) is 2.74. The molecule has 0 spiro atoms. The molecule has 0 fully saturated rings. The van der Waals surface area contributed by atoms with Crippen LogP contribution in [0.25, 0.3) is 0 Å². The van der Waals surface area contributed by atoms with Crippen LogP contribution in [-0.2, 0) is 11.3 Å². The number of amides is 1. The van der Waals surface area contributed by atoms with Crippen LogP contribution in [0.3, 0.4) is 0 Å². The lowest BCUT2D eigenvalue weighted by atomic mass is 10.1. The van der Waals surface area contributed by atoms with Crippen molar-refractivity contribution in [1.29, 1.82) is 0 Å². The first kappa shape index (κ1) is 12.3. The third-order valence-corrected chi connectivity index (χ3v) is 2.74. The second kappa shape index (κ2) is 5.46. The molecular weight excluding hydrogens is 228 g/mol. The Bertz CT molecular complexity index is 521. The van der Waals surface area contributed by atoms with E-state index in [1.54, 1.807) is 12.5 Å². The Balaban J connectivity index is 2.15. The van der Waals surface area contributed by atoms with Crippen molar-refractivity contribution in [3.05, 3.63) is 54.1 Å². The van der Waals surface area contributed by atoms with E-state index in [4.69, 9.17) is 11.5 Å². The Labute approximate surface area is 105 Å². The number of hydrogen-bond donors (Lipinski definition) is 2. The molecule has 0 bridgehead atoms. The highest BCUT2D eigenvalue weighted by atomic mass is 16.1. The van der Waals surface area contributed by atoms with E-state index in [-0.39, 0.29) is 6.42 Å². The summed E-state index contributed by atoms with van der Waals surface area (Å²) in [4.78, 5) is 15.0. The number of nitrogens with zero attached hydrogens (tertiary/aromatic N) is 2. The first-order valence-electron chi connectivity index (χ1n) is 5.74. The molecule has 18 heavy (non-hydrogen) atoms. The molecule has 4 N–H and O–H groups in total. The van der Waals surface area contributed by atoms with Crippen LogP contribution in [0, 0.1) is 0 Å². The van der Waals surface area contributed by atoms with Crippen LogP contribution in [-0.4, -0.2) is 15.5 Å². The number of benzene rings is 1. The van der Waals surface area contributed by atoms with Gasteiger partial charge in [-0.05, 0) is 5.56 Å². The molecule has 0 radical (unpaired) electrons. The second-order valence-corrected chi connectivity index (χ2v) is 4.21. The molecule has 1 atom stereocenters. The SMILES string of the molecule is NC(=O)CC(N)c1cncn1Cc1ccccc1. The van der Waals surface area contributed by atoms with Gasteiger partial charge < -0.3 is 16.0 Å². The van der Waals surface area contributed by atoms with E-state index >= 15 is 0 Å². The topological polar surface area (TPSA) is 86.9 Å². The Morgan fingerprint density at radius 3 is 2.72 bits per heavy atom. The molecule has 5 heteroatoms. The maximum atomic E-state index is 10.9. The van der Waals surface area contributed by atoms with Crippen molar-refractivity contribution in [2.75, 3.05) is 0 Å². The van der Waals surface area contributed by atoms with Gasteiger partial charge in [-0.15, -0.1) is 0 Å². The smallest absolute Gasteiger partial charge is 0.219 e. The van der Waals surface area contributed by atoms with Gasteiger partial charge in [0.1, 0.15) is 0 Å². The minimum Gasteiger partial charge on any atom is -0.370 e. The molecule has 1 aromatic heterocycles. The molecular formula is C13H16N4O. The van der Waals surface area contributed by atoms with Crippen LogP contribution in [0.1, 0.15) is 23.7 Å². The fraction of sp³-hybridized carbons (Fsp3) is 0.231. The van der Waals surface area contributed by atoms with E-state index in [9.17, 15) is 4.79 Å². The van der Waals surface area contributed by atoms with Gasteiger partial charge in [0.15, 0.2) is 0 Å². The number of carbonyl (C=O) groups is 1. The van der Waals surface area contributed by atoms with Gasteiger partial charge in [-0.1, -0.05) is 30.3 Å². The zero-order valence-electron chi connectivity index (χ0n) is 9.99. The average molecular weight is 244 g/mol. The molecule has 1 heterocycles. The number of primary amides is 1. The average Bonchev–Trinajstić information content (AvgIpc) is 2.77. The zero-order chi connectivity index (χ0) is 13.0. The Kier molecular flexibility index (Phi) is 3.74. The van der Waals surface area contributed by atoms with Crippen LogP contribution in [0.2, 0.25) is 0 Å². The number of nitrogens with two attached hydrogens (primary N) is 2. The van der Waals surface area contributed by atoms with E-state index in [0.29, 0.717) is 6.54 Å². The summed E-state index contributed by atoms with van der Waals surface area (Å²) in [6, 6.07) is 9.59. The van der Waals surface area contributed by atoms with Gasteiger partial charge in [-0.3, -0.25) is 4.79 Å². The van der Waals surface area contributed by atoms with E-state index in [1.807, 2.05) is 34.9 Å². The van der Waals surface area contributed by atoms with Crippen molar-refractivity contribution in [2.45, 2.75) is 19.0 Å². The normalized spacial score (nSPS) is 12.3. The molecule has 0 aliphatic rings. The Morgan fingerprint density at radius 1 is 1.33 bits per heavy atom. The lowest BCUT2D eigenvalue weighted by Crippen LogP contribution is -2.23. The van der Waals surface area contributed by atoms with Crippen molar-refractivity contribution in [3.63, 3.8) is 0 Å².